The zero-order chi connectivity index (χ0) is 16.6. The first kappa shape index (κ1) is 21.9. The lowest BCUT2D eigenvalue weighted by atomic mass is 10.2. The second-order valence-electron chi connectivity index (χ2n) is 6.78. The van der Waals surface area contributed by atoms with Crippen molar-refractivity contribution in [3.05, 3.63) is 0 Å². The molecule has 0 aliphatic carbocycles. The van der Waals surface area contributed by atoms with Crippen LogP contribution >= 0.6 is 0 Å². The van der Waals surface area contributed by atoms with E-state index in [4.69, 9.17) is 0 Å². The van der Waals surface area contributed by atoms with Crippen molar-refractivity contribution < 1.29 is 0 Å². The summed E-state index contributed by atoms with van der Waals surface area (Å²) in [7, 11) is 8.78. The minimum absolute atomic E-state index is 1.12. The predicted molar refractivity (Wildman–Crippen MR) is 102 cm³/mol. The molecule has 0 aromatic rings. The van der Waals surface area contributed by atoms with E-state index in [1.807, 2.05) is 7.05 Å². The third kappa shape index (κ3) is 14.8. The molecule has 1 N–H and O–H groups in total. The van der Waals surface area contributed by atoms with Crippen LogP contribution < -0.4 is 5.32 Å². The molecule has 0 rings (SSSR count). The Labute approximate surface area is 141 Å². The van der Waals surface area contributed by atoms with Gasteiger partial charge in [0.05, 0.1) is 0 Å². The van der Waals surface area contributed by atoms with Crippen molar-refractivity contribution in [3.63, 3.8) is 0 Å². The van der Waals surface area contributed by atoms with E-state index in [1.165, 1.54) is 77.8 Å². The summed E-state index contributed by atoms with van der Waals surface area (Å²) in [6.07, 6.45) is 7.80. The zero-order valence-corrected chi connectivity index (χ0v) is 16.0. The number of rotatable bonds is 16. The Morgan fingerprint density at radius 2 is 1.23 bits per heavy atom. The molecule has 0 saturated carbocycles. The van der Waals surface area contributed by atoms with Crippen molar-refractivity contribution in [3.8, 4) is 0 Å². The van der Waals surface area contributed by atoms with E-state index in [0.29, 0.717) is 0 Å². The van der Waals surface area contributed by atoms with Gasteiger partial charge in [-0.1, -0.05) is 13.3 Å². The maximum absolute atomic E-state index is 3.21. The molecule has 0 fully saturated rings. The highest BCUT2D eigenvalue weighted by Crippen LogP contribution is 1.99. The van der Waals surface area contributed by atoms with Crippen LogP contribution in [0.5, 0.6) is 0 Å². The number of nitrogens with zero attached hydrogens (tertiary/aromatic N) is 3. The maximum Gasteiger partial charge on any atom is 0.185 e. The van der Waals surface area contributed by atoms with Crippen molar-refractivity contribution in [2.24, 2.45) is 0 Å². The van der Waals surface area contributed by atoms with Gasteiger partial charge in [0.25, 0.3) is 0 Å². The lowest BCUT2D eigenvalue weighted by Gasteiger charge is -2.21. The number of unbranched alkanes of at least 4 members (excludes halogenated alkanes) is 2. The Morgan fingerprint density at radius 3 is 1.77 bits per heavy atom. The zero-order valence-electron chi connectivity index (χ0n) is 16.0. The molecule has 0 atom stereocenters. The quantitative estimate of drug-likeness (QED) is 0.342. The van der Waals surface area contributed by atoms with Crippen molar-refractivity contribution in [2.75, 3.05) is 67.0 Å². The topological polar surface area (TPSA) is 21.8 Å². The summed E-state index contributed by atoms with van der Waals surface area (Å²) in [4.78, 5) is 7.42. The molecule has 5 heteroatoms. The molecule has 0 radical (unpaired) electrons. The van der Waals surface area contributed by atoms with E-state index in [2.05, 4.69) is 48.9 Å². The largest absolute Gasteiger partial charge is 0.349 e. The summed E-state index contributed by atoms with van der Waals surface area (Å²) in [5, 5.41) is 3.21. The predicted octanol–water partition coefficient (Wildman–Crippen LogP) is 1.28. The molecular weight excluding hydrogens is 271 g/mol. The first-order chi connectivity index (χ1) is 10.6. The van der Waals surface area contributed by atoms with Crippen LogP contribution in [0.1, 0.15) is 45.4 Å². The van der Waals surface area contributed by atoms with Gasteiger partial charge in [-0.05, 0) is 99.1 Å². The van der Waals surface area contributed by atoms with E-state index in [9.17, 15) is 0 Å². The molecule has 22 heavy (non-hydrogen) atoms. The molecular formula is C17H41BN4. The van der Waals surface area contributed by atoms with Gasteiger partial charge in [-0.25, -0.2) is 0 Å². The fourth-order valence-electron chi connectivity index (χ4n) is 2.66. The van der Waals surface area contributed by atoms with Crippen LogP contribution in [0.25, 0.3) is 0 Å². The van der Waals surface area contributed by atoms with Crippen molar-refractivity contribution >= 4 is 7.98 Å². The fraction of sp³-hybridized carbons (Fsp3) is 1.00. The Kier molecular flexibility index (Phi) is 15.7. The second-order valence-corrected chi connectivity index (χ2v) is 6.78. The van der Waals surface area contributed by atoms with Gasteiger partial charge in [-0.3, -0.25) is 0 Å². The normalized spacial score (nSPS) is 12.0. The van der Waals surface area contributed by atoms with E-state index in [-0.39, 0.29) is 0 Å². The van der Waals surface area contributed by atoms with E-state index >= 15 is 0 Å². The highest BCUT2D eigenvalue weighted by molar-refractivity contribution is 6.04. The molecule has 0 bridgehead atoms. The van der Waals surface area contributed by atoms with Crippen LogP contribution in [0.2, 0.25) is 0 Å². The summed E-state index contributed by atoms with van der Waals surface area (Å²) < 4.78 is 0. The first-order valence-corrected chi connectivity index (χ1v) is 9.30. The van der Waals surface area contributed by atoms with Gasteiger partial charge < -0.3 is 19.9 Å². The van der Waals surface area contributed by atoms with Gasteiger partial charge in [0.2, 0.25) is 0 Å². The molecule has 132 valence electrons. The average Bonchev–Trinajstić information content (AvgIpc) is 2.50. The van der Waals surface area contributed by atoms with Crippen molar-refractivity contribution in [1.29, 1.82) is 0 Å². The molecule has 0 amide bonds. The standard InChI is InChI=1S/C17H41BN4/c1-5-6-16-22(18)17-10-15-21(4)13-8-7-12-20(3)14-9-11-19-2/h19H,5-18H2,1-4H3. The lowest BCUT2D eigenvalue weighted by Crippen LogP contribution is -2.28. The number of nitrogens with one attached hydrogen (secondary N) is 1. The summed E-state index contributed by atoms with van der Waals surface area (Å²) >= 11 is 0. The highest BCUT2D eigenvalue weighted by atomic mass is 15.1. The Morgan fingerprint density at radius 1 is 0.727 bits per heavy atom. The summed E-state index contributed by atoms with van der Waals surface area (Å²) in [6.45, 7) is 10.8. The van der Waals surface area contributed by atoms with Crippen LogP contribution in [0.15, 0.2) is 0 Å². The van der Waals surface area contributed by atoms with E-state index < -0.39 is 0 Å². The Hall–Kier alpha value is -0.0951. The first-order valence-electron chi connectivity index (χ1n) is 9.30. The minimum atomic E-state index is 1.12. The van der Waals surface area contributed by atoms with Crippen LogP contribution in [0.3, 0.4) is 0 Å². The molecule has 0 aromatic carbocycles. The summed E-state index contributed by atoms with van der Waals surface area (Å²) in [6, 6.07) is 0. The molecule has 0 aromatic heterocycles. The van der Waals surface area contributed by atoms with Crippen molar-refractivity contribution in [1.82, 2.24) is 19.9 Å². The number of hydrogen-bond acceptors (Lipinski definition) is 4. The highest BCUT2D eigenvalue weighted by Gasteiger charge is 2.02. The van der Waals surface area contributed by atoms with Gasteiger partial charge in [0.15, 0.2) is 7.98 Å². The second kappa shape index (κ2) is 15.8. The van der Waals surface area contributed by atoms with Crippen LogP contribution in [-0.4, -0.2) is 89.5 Å². The van der Waals surface area contributed by atoms with Gasteiger partial charge in [-0.2, -0.15) is 0 Å². The van der Waals surface area contributed by atoms with E-state index in [1.54, 1.807) is 0 Å². The average molecular weight is 312 g/mol. The molecule has 0 unspecified atom stereocenters. The van der Waals surface area contributed by atoms with Crippen LogP contribution in [-0.2, 0) is 0 Å². The van der Waals surface area contributed by atoms with Crippen LogP contribution in [0.4, 0.5) is 0 Å². The van der Waals surface area contributed by atoms with E-state index in [0.717, 1.165) is 6.54 Å². The maximum atomic E-state index is 3.21. The molecule has 0 saturated heterocycles. The van der Waals surface area contributed by atoms with Crippen LogP contribution in [0, 0.1) is 0 Å². The Balaban J connectivity index is 3.40. The molecule has 4 nitrogen and oxygen atoms in total. The third-order valence-electron chi connectivity index (χ3n) is 4.27. The number of hydrogen-bond donors (Lipinski definition) is 1. The fourth-order valence-corrected chi connectivity index (χ4v) is 2.66. The van der Waals surface area contributed by atoms with Gasteiger partial charge in [-0.15, -0.1) is 0 Å². The molecule has 0 aliphatic rings. The summed E-state index contributed by atoms with van der Waals surface area (Å²) in [5.74, 6) is 0. The summed E-state index contributed by atoms with van der Waals surface area (Å²) in [5.41, 5.74) is 0. The lowest BCUT2D eigenvalue weighted by molar-refractivity contribution is 0.282. The smallest absolute Gasteiger partial charge is 0.185 e. The van der Waals surface area contributed by atoms with Gasteiger partial charge >= 0.3 is 0 Å². The Bertz CT molecular complexity index is 229. The molecule has 0 heterocycles. The third-order valence-corrected chi connectivity index (χ3v) is 4.27. The van der Waals surface area contributed by atoms with Gasteiger partial charge in [0.1, 0.15) is 0 Å². The van der Waals surface area contributed by atoms with Gasteiger partial charge in [0, 0.05) is 0 Å². The van der Waals surface area contributed by atoms with Crippen molar-refractivity contribution in [2.45, 2.75) is 45.4 Å². The molecule has 0 aliphatic heterocycles. The minimum Gasteiger partial charge on any atom is -0.349 e. The monoisotopic (exact) mass is 312 g/mol. The molecule has 0 spiro atoms. The SMILES string of the molecule is BN(CCCC)CCCN(C)CCCCN(C)CCCNC.